The van der Waals surface area contributed by atoms with Crippen LogP contribution >= 0.6 is 11.6 Å². The summed E-state index contributed by atoms with van der Waals surface area (Å²) >= 11 is 6.07. The molecular weight excluding hydrogens is 268 g/mol. The van der Waals surface area contributed by atoms with Crippen LogP contribution in [0.15, 0.2) is 12.1 Å². The first-order valence-corrected chi connectivity index (χ1v) is 6.50. The van der Waals surface area contributed by atoms with Crippen molar-refractivity contribution in [1.29, 1.82) is 0 Å². The first kappa shape index (κ1) is 12.4. The number of carboxylic acids is 1. The van der Waals surface area contributed by atoms with E-state index >= 15 is 0 Å². The molecule has 2 heterocycles. The second-order valence-corrected chi connectivity index (χ2v) is 5.42. The minimum atomic E-state index is -0.794. The first-order chi connectivity index (χ1) is 9.04. The third-order valence-corrected chi connectivity index (χ3v) is 3.90. The fraction of sp³-hybridized carbons (Fsp3) is 0.385. The van der Waals surface area contributed by atoms with Crippen molar-refractivity contribution >= 4 is 29.2 Å². The molecule has 2 unspecified atom stereocenters. The molecule has 19 heavy (non-hydrogen) atoms. The molecule has 1 aromatic carbocycles. The lowest BCUT2D eigenvalue weighted by Crippen LogP contribution is -2.17. The van der Waals surface area contributed by atoms with Crippen LogP contribution in [-0.2, 0) is 16.0 Å². The maximum Gasteiger partial charge on any atom is 0.307 e. The molecule has 1 aromatic rings. The molecule has 1 saturated heterocycles. The fourth-order valence-corrected chi connectivity index (χ4v) is 3.02. The Kier molecular flexibility index (Phi) is 2.95. The van der Waals surface area contributed by atoms with Gasteiger partial charge in [0.05, 0.1) is 12.3 Å². The van der Waals surface area contributed by atoms with Crippen LogP contribution in [-0.4, -0.2) is 23.5 Å². The van der Waals surface area contributed by atoms with Gasteiger partial charge in [0.15, 0.2) is 0 Å². The van der Waals surface area contributed by atoms with E-state index in [2.05, 4.69) is 10.6 Å². The highest BCUT2D eigenvalue weighted by Gasteiger charge is 2.33. The number of hydrogen-bond donors (Lipinski definition) is 3. The third-order valence-electron chi connectivity index (χ3n) is 3.69. The average Bonchev–Trinajstić information content (AvgIpc) is 2.93. The Balaban J connectivity index is 1.94. The zero-order chi connectivity index (χ0) is 13.6. The van der Waals surface area contributed by atoms with Crippen LogP contribution in [0, 0.1) is 5.92 Å². The largest absolute Gasteiger partial charge is 0.481 e. The Bertz CT molecular complexity index is 573. The molecule has 2 aliphatic rings. The Hall–Kier alpha value is -1.59. The van der Waals surface area contributed by atoms with Crippen LogP contribution < -0.4 is 10.6 Å². The standard InChI is InChI=1S/C13H13ClN2O3/c14-8-1-6-3-11(17)16-12(6)9(4-8)10-2-7(5-15-10)13(18)19/h1,4,7,10,15H,2-3,5H2,(H,16,17)(H,18,19). The van der Waals surface area contributed by atoms with Gasteiger partial charge in [-0.2, -0.15) is 0 Å². The number of fused-ring (bicyclic) bond motifs is 1. The van der Waals surface area contributed by atoms with E-state index < -0.39 is 11.9 Å². The number of benzene rings is 1. The third kappa shape index (κ3) is 2.19. The van der Waals surface area contributed by atoms with Gasteiger partial charge in [0, 0.05) is 23.3 Å². The maximum atomic E-state index is 11.5. The molecule has 6 heteroatoms. The summed E-state index contributed by atoms with van der Waals surface area (Å²) in [6.07, 6.45) is 0.843. The number of aliphatic carboxylic acids is 1. The highest BCUT2D eigenvalue weighted by molar-refractivity contribution is 6.31. The van der Waals surface area contributed by atoms with Crippen LogP contribution in [0.3, 0.4) is 0 Å². The molecule has 0 bridgehead atoms. The summed E-state index contributed by atoms with van der Waals surface area (Å²) in [4.78, 5) is 22.5. The predicted octanol–water partition coefficient (Wildman–Crippen LogP) is 1.57. The zero-order valence-corrected chi connectivity index (χ0v) is 10.8. The molecular formula is C13H13ClN2O3. The minimum Gasteiger partial charge on any atom is -0.481 e. The monoisotopic (exact) mass is 280 g/mol. The molecule has 0 saturated carbocycles. The van der Waals surface area contributed by atoms with Crippen LogP contribution in [0.5, 0.6) is 0 Å². The molecule has 100 valence electrons. The van der Waals surface area contributed by atoms with Crippen molar-refractivity contribution in [1.82, 2.24) is 5.32 Å². The number of nitrogens with one attached hydrogen (secondary N) is 2. The van der Waals surface area contributed by atoms with Crippen LogP contribution in [0.25, 0.3) is 0 Å². The summed E-state index contributed by atoms with van der Waals surface area (Å²) in [6, 6.07) is 3.50. The number of halogens is 1. The number of carbonyl (C=O) groups excluding carboxylic acids is 1. The molecule has 1 fully saturated rings. The van der Waals surface area contributed by atoms with E-state index in [-0.39, 0.29) is 11.9 Å². The number of carbonyl (C=O) groups is 2. The van der Waals surface area contributed by atoms with Gasteiger partial charge in [0.1, 0.15) is 0 Å². The zero-order valence-electron chi connectivity index (χ0n) is 10.1. The average molecular weight is 281 g/mol. The number of anilines is 1. The minimum absolute atomic E-state index is 0.0497. The van der Waals surface area contributed by atoms with E-state index in [0.29, 0.717) is 24.4 Å². The van der Waals surface area contributed by atoms with Gasteiger partial charge in [-0.05, 0) is 29.7 Å². The second-order valence-electron chi connectivity index (χ2n) is 4.99. The normalized spacial score (nSPS) is 25.2. The summed E-state index contributed by atoms with van der Waals surface area (Å²) < 4.78 is 0. The summed E-state index contributed by atoms with van der Waals surface area (Å²) in [5.41, 5.74) is 2.56. The molecule has 1 amide bonds. The summed E-state index contributed by atoms with van der Waals surface area (Å²) in [7, 11) is 0. The van der Waals surface area contributed by atoms with E-state index in [1.54, 1.807) is 12.1 Å². The number of rotatable bonds is 2. The quantitative estimate of drug-likeness (QED) is 0.768. The van der Waals surface area contributed by atoms with Crippen molar-refractivity contribution < 1.29 is 14.7 Å². The summed E-state index contributed by atoms with van der Waals surface area (Å²) in [5, 5.41) is 15.6. The van der Waals surface area contributed by atoms with Gasteiger partial charge in [-0.1, -0.05) is 11.6 Å². The molecule has 0 radical (unpaired) electrons. The number of hydrogen-bond acceptors (Lipinski definition) is 3. The first-order valence-electron chi connectivity index (χ1n) is 6.13. The highest BCUT2D eigenvalue weighted by atomic mass is 35.5. The summed E-state index contributed by atoms with van der Waals surface area (Å²) in [5.74, 6) is -1.24. The van der Waals surface area contributed by atoms with Gasteiger partial charge in [-0.25, -0.2) is 0 Å². The van der Waals surface area contributed by atoms with Gasteiger partial charge >= 0.3 is 5.97 Å². The Morgan fingerprint density at radius 1 is 1.42 bits per heavy atom. The molecule has 3 rings (SSSR count). The van der Waals surface area contributed by atoms with Gasteiger partial charge < -0.3 is 15.7 Å². The van der Waals surface area contributed by atoms with Gasteiger partial charge in [0.2, 0.25) is 5.91 Å². The van der Waals surface area contributed by atoms with Crippen molar-refractivity contribution in [3.63, 3.8) is 0 Å². The Morgan fingerprint density at radius 3 is 2.89 bits per heavy atom. The van der Waals surface area contributed by atoms with Crippen molar-refractivity contribution in [2.24, 2.45) is 5.92 Å². The molecule has 3 N–H and O–H groups in total. The predicted molar refractivity (Wildman–Crippen MR) is 70.3 cm³/mol. The lowest BCUT2D eigenvalue weighted by molar-refractivity contribution is -0.141. The van der Waals surface area contributed by atoms with Crippen molar-refractivity contribution in [3.05, 3.63) is 28.3 Å². The second kappa shape index (κ2) is 4.51. The van der Waals surface area contributed by atoms with Gasteiger partial charge in [-0.15, -0.1) is 0 Å². The summed E-state index contributed by atoms with van der Waals surface area (Å²) in [6.45, 7) is 0.440. The van der Waals surface area contributed by atoms with E-state index in [4.69, 9.17) is 16.7 Å². The van der Waals surface area contributed by atoms with Crippen LogP contribution in [0.4, 0.5) is 5.69 Å². The van der Waals surface area contributed by atoms with E-state index in [1.165, 1.54) is 0 Å². The van der Waals surface area contributed by atoms with Crippen molar-refractivity contribution in [3.8, 4) is 0 Å². The van der Waals surface area contributed by atoms with E-state index in [0.717, 1.165) is 16.8 Å². The molecule has 0 aromatic heterocycles. The molecule has 2 aliphatic heterocycles. The molecule has 0 aliphatic carbocycles. The SMILES string of the molecule is O=C1Cc2cc(Cl)cc(C3CC(C(=O)O)CN3)c2N1. The molecule has 5 nitrogen and oxygen atoms in total. The topological polar surface area (TPSA) is 78.4 Å². The maximum absolute atomic E-state index is 11.5. The lowest BCUT2D eigenvalue weighted by atomic mass is 9.97. The van der Waals surface area contributed by atoms with Crippen LogP contribution in [0.1, 0.15) is 23.6 Å². The van der Waals surface area contributed by atoms with E-state index in [1.807, 2.05) is 0 Å². The number of carboxylic acid groups (broad SMARTS) is 1. The van der Waals surface area contributed by atoms with Gasteiger partial charge in [-0.3, -0.25) is 9.59 Å². The molecule has 0 spiro atoms. The van der Waals surface area contributed by atoms with E-state index in [9.17, 15) is 9.59 Å². The smallest absolute Gasteiger partial charge is 0.307 e. The highest BCUT2D eigenvalue weighted by Crippen LogP contribution is 2.38. The number of amides is 1. The van der Waals surface area contributed by atoms with Crippen LogP contribution in [0.2, 0.25) is 5.02 Å². The van der Waals surface area contributed by atoms with Gasteiger partial charge in [0.25, 0.3) is 0 Å². The van der Waals surface area contributed by atoms with Crippen molar-refractivity contribution in [2.45, 2.75) is 18.9 Å². The Labute approximate surface area is 114 Å². The molecule has 2 atom stereocenters. The fourth-order valence-electron chi connectivity index (χ4n) is 2.77. The van der Waals surface area contributed by atoms with Crippen molar-refractivity contribution in [2.75, 3.05) is 11.9 Å². The lowest BCUT2D eigenvalue weighted by Gasteiger charge is -2.15. The Morgan fingerprint density at radius 2 is 2.21 bits per heavy atom.